The highest BCUT2D eigenvalue weighted by atomic mass is 32.2. The molecule has 2 amide bonds. The summed E-state index contributed by atoms with van der Waals surface area (Å²) >= 11 is 0.526. The van der Waals surface area contributed by atoms with Gasteiger partial charge in [0.2, 0.25) is 0 Å². The van der Waals surface area contributed by atoms with E-state index in [4.69, 9.17) is 10.5 Å². The molecule has 4 N–H and O–H groups in total. The molecule has 10 nitrogen and oxygen atoms in total. The van der Waals surface area contributed by atoms with Gasteiger partial charge in [-0.2, -0.15) is 17.5 Å². The minimum absolute atomic E-state index is 0.0221. The lowest BCUT2D eigenvalue weighted by Gasteiger charge is -2.34. The number of benzene rings is 3. The highest BCUT2D eigenvalue weighted by molar-refractivity contribution is 7.89. The van der Waals surface area contributed by atoms with Crippen molar-refractivity contribution in [2.75, 3.05) is 20.3 Å². The molecule has 2 aromatic heterocycles. The summed E-state index contributed by atoms with van der Waals surface area (Å²) in [5.74, 6) is -2.28. The molecule has 0 bridgehead atoms. The molecule has 0 radical (unpaired) electrons. The Bertz CT molecular complexity index is 2080. The smallest absolute Gasteiger partial charge is 0.417 e. The number of methoxy groups -OCH3 is 1. The van der Waals surface area contributed by atoms with Gasteiger partial charge in [-0.15, -0.1) is 11.3 Å². The first-order valence-corrected chi connectivity index (χ1v) is 19.4. The molecule has 0 saturated heterocycles. The number of aromatic amines is 1. The van der Waals surface area contributed by atoms with Crippen LogP contribution in [0.15, 0.2) is 108 Å². The first-order valence-electron chi connectivity index (χ1n) is 17.1. The van der Waals surface area contributed by atoms with E-state index in [0.717, 1.165) is 17.5 Å². The molecule has 0 aliphatic heterocycles. The van der Waals surface area contributed by atoms with Crippen molar-refractivity contribution in [2.45, 2.75) is 62.4 Å². The third-order valence-corrected chi connectivity index (χ3v) is 12.1. The van der Waals surface area contributed by atoms with Gasteiger partial charge in [0.1, 0.15) is 5.03 Å². The van der Waals surface area contributed by atoms with Gasteiger partial charge in [0.05, 0.1) is 25.8 Å². The van der Waals surface area contributed by atoms with Gasteiger partial charge in [-0.25, -0.2) is 18.1 Å². The number of aliphatic hydroxyl groups excluding tert-OH is 1. The molecule has 54 heavy (non-hydrogen) atoms. The number of H-pyrrole nitrogens is 1. The third kappa shape index (κ3) is 8.87. The predicted octanol–water partition coefficient (Wildman–Crippen LogP) is 7.75. The van der Waals surface area contributed by atoms with Crippen LogP contribution in [-0.4, -0.2) is 72.2 Å². The largest absolute Gasteiger partial charge is 0.452 e. The van der Waals surface area contributed by atoms with Crippen molar-refractivity contribution in [2.24, 2.45) is 11.1 Å². The van der Waals surface area contributed by atoms with Gasteiger partial charge in [0.25, 0.3) is 15.9 Å². The number of nitrogens with two attached hydrogens (primary N) is 1. The van der Waals surface area contributed by atoms with E-state index in [-0.39, 0.29) is 26.8 Å². The molecular formula is C39H43F3N4O6S2. The molecular weight excluding hydrogens is 742 g/mol. The van der Waals surface area contributed by atoms with Gasteiger partial charge in [-0.1, -0.05) is 99.6 Å². The van der Waals surface area contributed by atoms with Crippen LogP contribution in [0.2, 0.25) is 0 Å². The zero-order valence-electron chi connectivity index (χ0n) is 30.2. The Morgan fingerprint density at radius 1 is 0.889 bits per heavy atom. The zero-order valence-corrected chi connectivity index (χ0v) is 31.8. The van der Waals surface area contributed by atoms with Gasteiger partial charge in [-0.05, 0) is 47.2 Å². The number of aliphatic hydroxyl groups is 1. The van der Waals surface area contributed by atoms with E-state index in [1.165, 1.54) is 12.1 Å². The van der Waals surface area contributed by atoms with Crippen molar-refractivity contribution in [1.29, 1.82) is 0 Å². The van der Waals surface area contributed by atoms with Crippen LogP contribution in [0.25, 0.3) is 10.9 Å². The topological polar surface area (TPSA) is 146 Å². The Balaban J connectivity index is 1.57. The average molecular weight is 785 g/mol. The van der Waals surface area contributed by atoms with Crippen molar-refractivity contribution in [3.05, 3.63) is 124 Å². The van der Waals surface area contributed by atoms with Crippen LogP contribution < -0.4 is 5.73 Å². The third-order valence-electron chi connectivity index (χ3n) is 9.08. The van der Waals surface area contributed by atoms with Crippen LogP contribution in [0.1, 0.15) is 66.1 Å². The number of amides is 2. The Hall–Kier alpha value is -4.54. The number of fused-ring (bicyclic) bond motifs is 1. The van der Waals surface area contributed by atoms with Crippen molar-refractivity contribution in [1.82, 2.24) is 14.2 Å². The molecule has 0 spiro atoms. The number of imide groups is 1. The Morgan fingerprint density at radius 2 is 1.44 bits per heavy atom. The van der Waals surface area contributed by atoms with Crippen molar-refractivity contribution in [3.63, 3.8) is 0 Å². The Morgan fingerprint density at radius 3 is 1.96 bits per heavy atom. The molecule has 5 aromatic rings. The number of nitrogens with zero attached hydrogens (tertiary/aromatic N) is 2. The van der Waals surface area contributed by atoms with Crippen LogP contribution in [0.4, 0.5) is 18.0 Å². The first-order chi connectivity index (χ1) is 25.5. The molecule has 5 rings (SSSR count). The number of rotatable bonds is 13. The number of nitrogens with one attached hydrogen (secondary N) is 1. The Kier molecular flexibility index (Phi) is 12.4. The molecule has 2 heterocycles. The molecule has 0 fully saturated rings. The Labute approximate surface area is 316 Å². The number of carbonyl (C=O) groups excluding carboxylic acids is 2. The summed E-state index contributed by atoms with van der Waals surface area (Å²) in [5.41, 5.74) is 7.80. The maximum atomic E-state index is 15.2. The number of para-hydroxylation sites is 1. The molecule has 3 aromatic carbocycles. The number of aromatic nitrogens is 1. The first kappa shape index (κ1) is 40.6. The lowest BCUT2D eigenvalue weighted by molar-refractivity contribution is -0.186. The SMILES string of the molecule is COC(=O)N(C(=O)[C@@H](N)C(c1ccccc1)c1ccccc1)[C@H](c1ccc([C@@H](CO)N(CCC(C)(C)C)S(=O)(=O)c2cc3ccccc3[nH]2)s1)C(F)(F)F. The van der Waals surface area contributed by atoms with Crippen LogP contribution in [0.3, 0.4) is 0 Å². The highest BCUT2D eigenvalue weighted by Gasteiger charge is 2.52. The molecule has 15 heteroatoms. The zero-order chi connectivity index (χ0) is 39.4. The summed E-state index contributed by atoms with van der Waals surface area (Å²) < 4.78 is 80.1. The van der Waals surface area contributed by atoms with Crippen molar-refractivity contribution in [3.8, 4) is 0 Å². The van der Waals surface area contributed by atoms with Gasteiger partial charge in [0, 0.05) is 33.1 Å². The average Bonchev–Trinajstić information content (AvgIpc) is 3.80. The normalized spacial score (nSPS) is 14.3. The van der Waals surface area contributed by atoms with E-state index in [9.17, 15) is 23.1 Å². The van der Waals surface area contributed by atoms with E-state index in [1.54, 1.807) is 84.9 Å². The van der Waals surface area contributed by atoms with E-state index in [1.807, 2.05) is 20.8 Å². The van der Waals surface area contributed by atoms with E-state index in [0.29, 0.717) is 39.8 Å². The van der Waals surface area contributed by atoms with Gasteiger partial charge in [0.15, 0.2) is 6.04 Å². The number of hydrogen-bond donors (Lipinski definition) is 3. The van der Waals surface area contributed by atoms with Crippen LogP contribution >= 0.6 is 11.3 Å². The molecule has 288 valence electrons. The lowest BCUT2D eigenvalue weighted by Crippen LogP contribution is -2.53. The van der Waals surface area contributed by atoms with Crippen molar-refractivity contribution >= 4 is 44.3 Å². The summed E-state index contributed by atoms with van der Waals surface area (Å²) in [5, 5.41) is 11.2. The fraction of sp³-hybridized carbons (Fsp3) is 0.333. The number of hydrogen-bond acceptors (Lipinski definition) is 8. The maximum absolute atomic E-state index is 15.2. The number of ether oxygens (including phenoxy) is 1. The molecule has 0 unspecified atom stereocenters. The summed E-state index contributed by atoms with van der Waals surface area (Å²) in [6, 6.07) is 21.9. The molecule has 0 aliphatic rings. The minimum atomic E-state index is -5.22. The number of sulfonamides is 1. The summed E-state index contributed by atoms with van der Waals surface area (Å²) in [6.07, 6.45) is -6.46. The molecule has 3 atom stereocenters. The van der Waals surface area contributed by atoms with Gasteiger partial charge >= 0.3 is 12.3 Å². The van der Waals surface area contributed by atoms with Crippen LogP contribution in [0.5, 0.6) is 0 Å². The number of carbonyl (C=O) groups is 2. The van der Waals surface area contributed by atoms with Gasteiger partial charge in [-0.3, -0.25) is 4.79 Å². The van der Waals surface area contributed by atoms with E-state index >= 15 is 13.2 Å². The summed E-state index contributed by atoms with van der Waals surface area (Å²) in [7, 11) is -3.50. The van der Waals surface area contributed by atoms with Crippen molar-refractivity contribution < 1.29 is 41.0 Å². The van der Waals surface area contributed by atoms with E-state index in [2.05, 4.69) is 4.98 Å². The second-order valence-electron chi connectivity index (χ2n) is 14.0. The predicted molar refractivity (Wildman–Crippen MR) is 201 cm³/mol. The standard InChI is InChI=1S/C39H43F3N4O6S2/c1-38(2,3)21-22-45(54(50,51)32-23-27-17-11-12-18-28(27)44-32)29(24-47)30-19-20-31(53-30)35(39(40,41)42)46(37(49)52-4)36(48)34(43)33(25-13-7-5-8-14-25)26-15-9-6-10-16-26/h5-20,23,29,33-35,44,47H,21-22,24,43H2,1-4H3/t29-,34+,35-/m1/s1. The number of halogens is 3. The van der Waals surface area contributed by atoms with Gasteiger partial charge < -0.3 is 20.6 Å². The second-order valence-corrected chi connectivity index (χ2v) is 17.0. The summed E-state index contributed by atoms with van der Waals surface area (Å²) in [6.45, 7) is 4.88. The van der Waals surface area contributed by atoms with Crippen LogP contribution in [-0.2, 0) is 19.6 Å². The number of thiophene rings is 1. The minimum Gasteiger partial charge on any atom is -0.452 e. The van der Waals surface area contributed by atoms with E-state index < -0.39 is 63.7 Å². The quantitative estimate of drug-likeness (QED) is 0.111. The fourth-order valence-electron chi connectivity index (χ4n) is 6.31. The number of alkyl halides is 3. The fourth-order valence-corrected chi connectivity index (χ4v) is 9.22. The maximum Gasteiger partial charge on any atom is 0.417 e. The molecule has 0 saturated carbocycles. The lowest BCUT2D eigenvalue weighted by atomic mass is 9.84. The monoisotopic (exact) mass is 784 g/mol. The second kappa shape index (κ2) is 16.4. The highest BCUT2D eigenvalue weighted by Crippen LogP contribution is 2.44. The molecule has 0 aliphatic carbocycles. The summed E-state index contributed by atoms with van der Waals surface area (Å²) in [4.78, 5) is 29.9. The van der Waals surface area contributed by atoms with Crippen LogP contribution in [0, 0.1) is 5.41 Å².